The Kier molecular flexibility index (Phi) is 6.80. The average Bonchev–Trinajstić information content (AvgIpc) is 2.15. The fraction of sp³-hybridized carbons (Fsp3) is 0.800. The summed E-state index contributed by atoms with van der Waals surface area (Å²) in [6.45, 7) is 5.47. The highest BCUT2D eigenvalue weighted by atomic mass is 16.6. The summed E-state index contributed by atoms with van der Waals surface area (Å²) in [5.74, 6) is -0.518. The minimum absolute atomic E-state index is 0.143. The minimum atomic E-state index is -0.358. The third kappa shape index (κ3) is 6.46. The van der Waals surface area contributed by atoms with Gasteiger partial charge in [-0.1, -0.05) is 13.8 Å². The Bertz CT molecular complexity index is 189. The first-order chi connectivity index (χ1) is 6.60. The highest BCUT2D eigenvalue weighted by molar-refractivity contribution is 5.70. The molecule has 0 aliphatic carbocycles. The Balaban J connectivity index is 3.57. The lowest BCUT2D eigenvalue weighted by Crippen LogP contribution is -2.21. The zero-order valence-electron chi connectivity index (χ0n) is 9.04. The van der Waals surface area contributed by atoms with Gasteiger partial charge in [-0.05, 0) is 13.3 Å². The average molecular weight is 202 g/mol. The van der Waals surface area contributed by atoms with E-state index in [1.165, 1.54) is 0 Å². The summed E-state index contributed by atoms with van der Waals surface area (Å²) in [6.07, 6.45) is 1.16. The minimum Gasteiger partial charge on any atom is -0.462 e. The Hall–Kier alpha value is -1.06. The standard InChI is InChI=1S/C10H18O4/c1-4-6-10(12)13-7-8(3)14-9(11)5-2/h8H,4-7H2,1-3H3. The van der Waals surface area contributed by atoms with Crippen molar-refractivity contribution < 1.29 is 19.1 Å². The van der Waals surface area contributed by atoms with Gasteiger partial charge in [-0.3, -0.25) is 9.59 Å². The number of ether oxygens (including phenoxy) is 2. The van der Waals surface area contributed by atoms with E-state index in [9.17, 15) is 9.59 Å². The van der Waals surface area contributed by atoms with Crippen molar-refractivity contribution in [1.82, 2.24) is 0 Å². The fourth-order valence-corrected chi connectivity index (χ4v) is 0.828. The molecule has 82 valence electrons. The lowest BCUT2D eigenvalue weighted by Gasteiger charge is -2.12. The molecule has 0 bridgehead atoms. The topological polar surface area (TPSA) is 52.6 Å². The van der Waals surface area contributed by atoms with E-state index in [2.05, 4.69) is 0 Å². The van der Waals surface area contributed by atoms with Crippen LogP contribution >= 0.6 is 0 Å². The van der Waals surface area contributed by atoms with Crippen molar-refractivity contribution in [3.63, 3.8) is 0 Å². The van der Waals surface area contributed by atoms with Gasteiger partial charge in [-0.15, -0.1) is 0 Å². The molecule has 0 spiro atoms. The van der Waals surface area contributed by atoms with Gasteiger partial charge in [-0.25, -0.2) is 0 Å². The number of rotatable bonds is 6. The van der Waals surface area contributed by atoms with Crippen LogP contribution in [0.1, 0.15) is 40.0 Å². The van der Waals surface area contributed by atoms with Crippen LogP contribution in [-0.4, -0.2) is 24.6 Å². The first-order valence-electron chi connectivity index (χ1n) is 4.95. The predicted octanol–water partition coefficient (Wildman–Crippen LogP) is 1.67. The van der Waals surface area contributed by atoms with E-state index in [4.69, 9.17) is 9.47 Å². The van der Waals surface area contributed by atoms with E-state index < -0.39 is 0 Å². The second-order valence-electron chi connectivity index (χ2n) is 3.09. The third-order valence-electron chi connectivity index (χ3n) is 1.55. The zero-order chi connectivity index (χ0) is 11.0. The molecule has 0 amide bonds. The van der Waals surface area contributed by atoms with Crippen molar-refractivity contribution in [1.29, 1.82) is 0 Å². The van der Waals surface area contributed by atoms with Crippen LogP contribution in [0.2, 0.25) is 0 Å². The van der Waals surface area contributed by atoms with Gasteiger partial charge in [0.05, 0.1) is 0 Å². The molecule has 0 saturated carbocycles. The summed E-state index contributed by atoms with van der Waals surface area (Å²) in [7, 11) is 0. The second kappa shape index (κ2) is 7.35. The van der Waals surface area contributed by atoms with Gasteiger partial charge in [0.2, 0.25) is 0 Å². The highest BCUT2D eigenvalue weighted by Gasteiger charge is 2.09. The van der Waals surface area contributed by atoms with Gasteiger partial charge in [0.25, 0.3) is 0 Å². The zero-order valence-corrected chi connectivity index (χ0v) is 9.04. The molecule has 0 fully saturated rings. The maximum absolute atomic E-state index is 10.9. The number of carbonyl (C=O) groups is 2. The summed E-state index contributed by atoms with van der Waals surface area (Å²) in [5, 5.41) is 0. The lowest BCUT2D eigenvalue weighted by atomic mass is 10.3. The Morgan fingerprint density at radius 1 is 1.21 bits per heavy atom. The molecule has 0 aromatic carbocycles. The van der Waals surface area contributed by atoms with Crippen molar-refractivity contribution in [3.8, 4) is 0 Å². The molecule has 0 aliphatic rings. The fourth-order valence-electron chi connectivity index (χ4n) is 0.828. The molecule has 0 heterocycles. The molecule has 0 aromatic heterocycles. The van der Waals surface area contributed by atoms with Crippen LogP contribution in [0.3, 0.4) is 0 Å². The quantitative estimate of drug-likeness (QED) is 0.615. The maximum atomic E-state index is 10.9. The van der Waals surface area contributed by atoms with E-state index in [0.717, 1.165) is 6.42 Å². The molecular formula is C10H18O4. The van der Waals surface area contributed by atoms with Gasteiger partial charge < -0.3 is 9.47 Å². The molecule has 0 N–H and O–H groups in total. The Labute approximate surface area is 84.6 Å². The normalized spacial score (nSPS) is 11.9. The van der Waals surface area contributed by atoms with Crippen LogP contribution in [0.15, 0.2) is 0 Å². The number of carbonyl (C=O) groups excluding carboxylic acids is 2. The van der Waals surface area contributed by atoms with E-state index in [1.807, 2.05) is 6.92 Å². The maximum Gasteiger partial charge on any atom is 0.305 e. The number of esters is 2. The van der Waals surface area contributed by atoms with E-state index in [0.29, 0.717) is 12.8 Å². The smallest absolute Gasteiger partial charge is 0.305 e. The van der Waals surface area contributed by atoms with E-state index in [1.54, 1.807) is 13.8 Å². The highest BCUT2D eigenvalue weighted by Crippen LogP contribution is 1.98. The molecule has 4 nitrogen and oxygen atoms in total. The third-order valence-corrected chi connectivity index (χ3v) is 1.55. The summed E-state index contributed by atoms with van der Waals surface area (Å²) < 4.78 is 9.79. The SMILES string of the molecule is CCCC(=O)OCC(C)OC(=O)CC. The molecular weight excluding hydrogens is 184 g/mol. The molecule has 0 saturated heterocycles. The van der Waals surface area contributed by atoms with Crippen molar-refractivity contribution >= 4 is 11.9 Å². The van der Waals surface area contributed by atoms with Gasteiger partial charge in [0.1, 0.15) is 12.7 Å². The molecule has 14 heavy (non-hydrogen) atoms. The largest absolute Gasteiger partial charge is 0.462 e. The van der Waals surface area contributed by atoms with Crippen molar-refractivity contribution in [2.24, 2.45) is 0 Å². The van der Waals surface area contributed by atoms with Crippen molar-refractivity contribution in [2.45, 2.75) is 46.1 Å². The molecule has 4 heteroatoms. The summed E-state index contributed by atoms with van der Waals surface area (Å²) in [4.78, 5) is 21.8. The molecule has 0 aromatic rings. The predicted molar refractivity (Wildman–Crippen MR) is 51.7 cm³/mol. The van der Waals surface area contributed by atoms with Gasteiger partial charge in [-0.2, -0.15) is 0 Å². The Morgan fingerprint density at radius 3 is 2.36 bits per heavy atom. The monoisotopic (exact) mass is 202 g/mol. The first kappa shape index (κ1) is 12.9. The van der Waals surface area contributed by atoms with Crippen molar-refractivity contribution in [3.05, 3.63) is 0 Å². The summed E-state index contributed by atoms with van der Waals surface area (Å²) in [6, 6.07) is 0. The number of hydrogen-bond acceptors (Lipinski definition) is 4. The summed E-state index contributed by atoms with van der Waals surface area (Å²) in [5.41, 5.74) is 0. The van der Waals surface area contributed by atoms with Gasteiger partial charge in [0.15, 0.2) is 0 Å². The van der Waals surface area contributed by atoms with Crippen molar-refractivity contribution in [2.75, 3.05) is 6.61 Å². The molecule has 0 rings (SSSR count). The van der Waals surface area contributed by atoms with Gasteiger partial charge in [0, 0.05) is 12.8 Å². The van der Waals surface area contributed by atoms with Crippen LogP contribution in [0, 0.1) is 0 Å². The summed E-state index contributed by atoms with van der Waals surface area (Å²) >= 11 is 0. The van der Waals surface area contributed by atoms with Crippen LogP contribution in [0.5, 0.6) is 0 Å². The van der Waals surface area contributed by atoms with E-state index in [-0.39, 0.29) is 24.6 Å². The van der Waals surface area contributed by atoms with Crippen LogP contribution in [0.4, 0.5) is 0 Å². The first-order valence-corrected chi connectivity index (χ1v) is 4.95. The molecule has 1 atom stereocenters. The molecule has 0 radical (unpaired) electrons. The second-order valence-corrected chi connectivity index (χ2v) is 3.09. The van der Waals surface area contributed by atoms with Crippen LogP contribution in [0.25, 0.3) is 0 Å². The molecule has 0 aliphatic heterocycles. The van der Waals surface area contributed by atoms with Crippen LogP contribution < -0.4 is 0 Å². The molecule has 1 unspecified atom stereocenters. The number of hydrogen-bond donors (Lipinski definition) is 0. The van der Waals surface area contributed by atoms with Crippen LogP contribution in [-0.2, 0) is 19.1 Å². The lowest BCUT2D eigenvalue weighted by molar-refractivity contribution is -0.157. The van der Waals surface area contributed by atoms with E-state index >= 15 is 0 Å². The Morgan fingerprint density at radius 2 is 1.86 bits per heavy atom. The van der Waals surface area contributed by atoms with Gasteiger partial charge >= 0.3 is 11.9 Å².